The van der Waals surface area contributed by atoms with Crippen LogP contribution in [0, 0.1) is 11.3 Å². The molecule has 9 heteroatoms. The molecule has 4 N–H and O–H groups in total. The number of benzene rings is 1. The Balaban J connectivity index is 2.37. The van der Waals surface area contributed by atoms with E-state index in [1.54, 1.807) is 18.2 Å². The largest absolute Gasteiger partial charge is 0.433 e. The van der Waals surface area contributed by atoms with Crippen molar-refractivity contribution < 1.29 is 13.2 Å². The molecular formula is C12H9F3N6. The maximum absolute atomic E-state index is 12.7. The number of nitrogens with two attached hydrogens (primary N) is 1. The number of nitrogens with one attached hydrogen (secondary N) is 2. The Bertz CT molecular complexity index is 692. The van der Waals surface area contributed by atoms with Gasteiger partial charge in [-0.3, -0.25) is 5.43 Å². The number of anilines is 3. The Hall–Kier alpha value is -2.86. The molecule has 0 bridgehead atoms. The Kier molecular flexibility index (Phi) is 3.91. The molecule has 108 valence electrons. The van der Waals surface area contributed by atoms with Crippen molar-refractivity contribution in [2.24, 2.45) is 5.84 Å². The van der Waals surface area contributed by atoms with Gasteiger partial charge in [0.05, 0.1) is 11.6 Å². The van der Waals surface area contributed by atoms with Gasteiger partial charge in [0.25, 0.3) is 0 Å². The minimum absolute atomic E-state index is 0.0969. The Morgan fingerprint density at radius 2 is 1.95 bits per heavy atom. The van der Waals surface area contributed by atoms with Gasteiger partial charge >= 0.3 is 6.18 Å². The lowest BCUT2D eigenvalue weighted by atomic mass is 10.2. The van der Waals surface area contributed by atoms with Crippen LogP contribution in [-0.4, -0.2) is 9.97 Å². The Morgan fingerprint density at radius 3 is 2.57 bits per heavy atom. The van der Waals surface area contributed by atoms with Crippen LogP contribution in [0.1, 0.15) is 11.3 Å². The van der Waals surface area contributed by atoms with Gasteiger partial charge in [-0.15, -0.1) is 0 Å². The van der Waals surface area contributed by atoms with Crippen molar-refractivity contribution in [3.63, 3.8) is 0 Å². The second-order valence-electron chi connectivity index (χ2n) is 3.92. The van der Waals surface area contributed by atoms with Crippen molar-refractivity contribution in [1.82, 2.24) is 9.97 Å². The molecule has 2 rings (SSSR count). The van der Waals surface area contributed by atoms with Crippen molar-refractivity contribution >= 4 is 17.5 Å². The highest BCUT2D eigenvalue weighted by Crippen LogP contribution is 2.30. The van der Waals surface area contributed by atoms with Crippen LogP contribution >= 0.6 is 0 Å². The summed E-state index contributed by atoms with van der Waals surface area (Å²) >= 11 is 0. The number of nitrogens with zero attached hydrogens (tertiary/aromatic N) is 3. The summed E-state index contributed by atoms with van der Waals surface area (Å²) in [6.07, 6.45) is -4.63. The van der Waals surface area contributed by atoms with E-state index in [9.17, 15) is 13.2 Å². The first-order valence-corrected chi connectivity index (χ1v) is 5.62. The zero-order valence-corrected chi connectivity index (χ0v) is 10.4. The minimum Gasteiger partial charge on any atom is -0.340 e. The van der Waals surface area contributed by atoms with E-state index in [2.05, 4.69) is 15.3 Å². The van der Waals surface area contributed by atoms with Crippen molar-refractivity contribution in [2.75, 3.05) is 10.7 Å². The van der Waals surface area contributed by atoms with Crippen molar-refractivity contribution in [3.8, 4) is 6.07 Å². The van der Waals surface area contributed by atoms with E-state index in [0.717, 1.165) is 6.07 Å². The van der Waals surface area contributed by atoms with Gasteiger partial charge in [-0.05, 0) is 18.2 Å². The second kappa shape index (κ2) is 5.64. The van der Waals surface area contributed by atoms with Crippen LogP contribution in [0.4, 0.5) is 30.6 Å². The summed E-state index contributed by atoms with van der Waals surface area (Å²) in [4.78, 5) is 7.01. The number of halogens is 3. The molecule has 0 fully saturated rings. The van der Waals surface area contributed by atoms with Crippen LogP contribution in [0.2, 0.25) is 0 Å². The molecule has 0 unspecified atom stereocenters. The maximum atomic E-state index is 12.7. The maximum Gasteiger partial charge on any atom is 0.433 e. The van der Waals surface area contributed by atoms with Gasteiger partial charge in [-0.25, -0.2) is 10.8 Å². The van der Waals surface area contributed by atoms with Crippen LogP contribution in [0.25, 0.3) is 0 Å². The number of aromatic nitrogens is 2. The highest BCUT2D eigenvalue weighted by molar-refractivity contribution is 5.59. The summed E-state index contributed by atoms with van der Waals surface area (Å²) in [6.45, 7) is 0. The second-order valence-corrected chi connectivity index (χ2v) is 3.92. The first kappa shape index (κ1) is 14.5. The molecule has 0 atom stereocenters. The first-order valence-electron chi connectivity index (χ1n) is 5.62. The number of nitriles is 1. The fraction of sp³-hybridized carbons (Fsp3) is 0.0833. The van der Waals surface area contributed by atoms with Crippen molar-refractivity contribution in [2.45, 2.75) is 6.18 Å². The van der Waals surface area contributed by atoms with E-state index in [0.29, 0.717) is 11.3 Å². The quantitative estimate of drug-likeness (QED) is 0.593. The predicted octanol–water partition coefficient (Wildman–Crippen LogP) is 2.40. The SMILES string of the molecule is N#Cc1cccc(Nc2cc(C(F)(F)F)nc(NN)n2)c1. The zero-order chi connectivity index (χ0) is 15.5. The lowest BCUT2D eigenvalue weighted by Crippen LogP contribution is -2.16. The average Bonchev–Trinajstić information content (AvgIpc) is 2.46. The predicted molar refractivity (Wildman–Crippen MR) is 69.3 cm³/mol. The van der Waals surface area contributed by atoms with Gasteiger partial charge in [-0.1, -0.05) is 6.07 Å². The third kappa shape index (κ3) is 3.58. The van der Waals surface area contributed by atoms with E-state index in [4.69, 9.17) is 11.1 Å². The molecule has 21 heavy (non-hydrogen) atoms. The van der Waals surface area contributed by atoms with Gasteiger partial charge in [0.15, 0.2) is 5.69 Å². The van der Waals surface area contributed by atoms with Gasteiger partial charge in [0.1, 0.15) is 5.82 Å². The van der Waals surface area contributed by atoms with Crippen molar-refractivity contribution in [3.05, 3.63) is 41.6 Å². The fourth-order valence-electron chi connectivity index (χ4n) is 1.54. The molecule has 1 heterocycles. The van der Waals surface area contributed by atoms with Gasteiger partial charge < -0.3 is 5.32 Å². The normalized spacial score (nSPS) is 10.8. The van der Waals surface area contributed by atoms with Crippen molar-refractivity contribution in [1.29, 1.82) is 5.26 Å². The number of hydrazine groups is 1. The third-order valence-electron chi connectivity index (χ3n) is 2.41. The van der Waals surface area contributed by atoms with E-state index in [-0.39, 0.29) is 11.8 Å². The summed E-state index contributed by atoms with van der Waals surface area (Å²) in [7, 11) is 0. The number of rotatable bonds is 3. The molecule has 6 nitrogen and oxygen atoms in total. The number of hydrogen-bond donors (Lipinski definition) is 3. The molecule has 0 aliphatic rings. The third-order valence-corrected chi connectivity index (χ3v) is 2.41. The Morgan fingerprint density at radius 1 is 1.19 bits per heavy atom. The highest BCUT2D eigenvalue weighted by atomic mass is 19.4. The van der Waals surface area contributed by atoms with Crippen LogP contribution in [-0.2, 0) is 6.18 Å². The van der Waals surface area contributed by atoms with Crippen LogP contribution in [0.3, 0.4) is 0 Å². The van der Waals surface area contributed by atoms with E-state index in [1.165, 1.54) is 6.07 Å². The summed E-state index contributed by atoms with van der Waals surface area (Å²) in [6, 6.07) is 8.90. The summed E-state index contributed by atoms with van der Waals surface area (Å²) in [5.74, 6) is 4.59. The molecular weight excluding hydrogens is 285 g/mol. The molecule has 0 aliphatic heterocycles. The van der Waals surface area contributed by atoms with E-state index in [1.807, 2.05) is 11.5 Å². The topological polar surface area (TPSA) is 99.7 Å². The van der Waals surface area contributed by atoms with Crippen LogP contribution in [0.5, 0.6) is 0 Å². The highest BCUT2D eigenvalue weighted by Gasteiger charge is 2.33. The summed E-state index contributed by atoms with van der Waals surface area (Å²) in [5.41, 5.74) is 1.62. The molecule has 0 radical (unpaired) electrons. The van der Waals surface area contributed by atoms with E-state index < -0.39 is 11.9 Å². The Labute approximate surface area is 117 Å². The van der Waals surface area contributed by atoms with E-state index >= 15 is 0 Å². The zero-order valence-electron chi connectivity index (χ0n) is 10.4. The number of alkyl halides is 3. The first-order chi connectivity index (χ1) is 9.92. The minimum atomic E-state index is -4.63. The lowest BCUT2D eigenvalue weighted by molar-refractivity contribution is -0.141. The van der Waals surface area contributed by atoms with Gasteiger partial charge in [0, 0.05) is 11.8 Å². The molecule has 0 spiro atoms. The molecule has 1 aromatic heterocycles. The average molecular weight is 294 g/mol. The molecule has 0 aliphatic carbocycles. The lowest BCUT2D eigenvalue weighted by Gasteiger charge is -2.11. The summed E-state index contributed by atoms with van der Waals surface area (Å²) < 4.78 is 38.1. The molecule has 0 saturated carbocycles. The molecule has 0 saturated heterocycles. The fourth-order valence-corrected chi connectivity index (χ4v) is 1.54. The van der Waals surface area contributed by atoms with Crippen LogP contribution < -0.4 is 16.6 Å². The van der Waals surface area contributed by atoms with Gasteiger partial charge in [-0.2, -0.15) is 23.4 Å². The standard InChI is InChI=1S/C12H9F3N6/c13-12(14,15)9-5-10(20-11(19-9)21-17)18-8-3-1-2-7(4-8)6-16/h1-5H,17H2,(H2,18,19,20,21). The smallest absolute Gasteiger partial charge is 0.340 e. The van der Waals surface area contributed by atoms with Gasteiger partial charge in [0.2, 0.25) is 5.95 Å². The number of hydrogen-bond acceptors (Lipinski definition) is 6. The molecule has 0 amide bonds. The monoisotopic (exact) mass is 294 g/mol. The molecule has 1 aromatic carbocycles. The van der Waals surface area contributed by atoms with Crippen LogP contribution in [0.15, 0.2) is 30.3 Å². The molecule has 2 aromatic rings. The number of nitrogen functional groups attached to an aromatic ring is 1. The summed E-state index contributed by atoms with van der Waals surface area (Å²) in [5, 5.41) is 11.5.